The fourth-order valence-electron chi connectivity index (χ4n) is 9.46. The highest BCUT2D eigenvalue weighted by Gasteiger charge is 2.64. The Morgan fingerprint density at radius 3 is 2.45 bits per heavy atom. The zero-order chi connectivity index (χ0) is 21.0. The third-order valence-electron chi connectivity index (χ3n) is 10.9. The minimum Gasteiger partial charge on any atom is -0.393 e. The van der Waals surface area contributed by atoms with Gasteiger partial charge in [-0.15, -0.1) is 0 Å². The maximum Gasteiger partial charge on any atom is 0.234 e. The topological polar surface area (TPSA) is 49.7 Å². The fourth-order valence-corrected chi connectivity index (χ4v) is 9.46. The zero-order valence-electron chi connectivity index (χ0n) is 19.4. The monoisotopic (exact) mass is 401 g/mol. The first-order valence-electron chi connectivity index (χ1n) is 12.5. The number of aliphatic imine (C=N–C) groups is 1. The van der Waals surface area contributed by atoms with E-state index in [-0.39, 0.29) is 6.10 Å². The lowest BCUT2D eigenvalue weighted by molar-refractivity contribution is -0.198. The molecule has 1 N–H and O–H groups in total. The lowest BCUT2D eigenvalue weighted by Gasteiger charge is -2.65. The van der Waals surface area contributed by atoms with Gasteiger partial charge in [0.1, 0.15) is 0 Å². The molecule has 4 fully saturated rings. The molecule has 4 aliphatic rings. The first-order chi connectivity index (χ1) is 13.8. The van der Waals surface area contributed by atoms with Gasteiger partial charge in [0, 0.05) is 0 Å². The first kappa shape index (κ1) is 21.6. The van der Waals surface area contributed by atoms with E-state index < -0.39 is 0 Å². The highest BCUT2D eigenvalue weighted by molar-refractivity contribution is 5.32. The summed E-state index contributed by atoms with van der Waals surface area (Å²) in [5.41, 5.74) is 0.716. The summed E-state index contributed by atoms with van der Waals surface area (Å²) in [5, 5.41) is 11.8. The van der Waals surface area contributed by atoms with Crippen LogP contribution in [0.4, 0.5) is 0 Å². The average molecular weight is 402 g/mol. The van der Waals surface area contributed by atoms with Crippen LogP contribution in [0.5, 0.6) is 0 Å². The second-order valence-electron chi connectivity index (χ2n) is 12.0. The van der Waals surface area contributed by atoms with Crippen molar-refractivity contribution in [2.45, 2.75) is 92.1 Å². The van der Waals surface area contributed by atoms with Crippen LogP contribution in [0.3, 0.4) is 0 Å². The van der Waals surface area contributed by atoms with Crippen molar-refractivity contribution in [3.05, 3.63) is 0 Å². The van der Waals surface area contributed by atoms with Crippen LogP contribution in [0.1, 0.15) is 86.0 Å². The predicted octanol–water partition coefficient (Wildman–Crippen LogP) is 5.86. The molecule has 0 saturated heterocycles. The normalized spacial score (nSPS) is 52.6. The van der Waals surface area contributed by atoms with Crippen LogP contribution in [-0.2, 0) is 4.79 Å². The molecule has 0 spiro atoms. The Kier molecular flexibility index (Phi) is 5.79. The Balaban J connectivity index is 1.66. The molecule has 4 saturated carbocycles. The molecule has 3 heteroatoms. The molecule has 0 radical (unpaired) electrons. The maximum atomic E-state index is 11.8. The molecular weight excluding hydrogens is 358 g/mol. The first-order valence-corrected chi connectivity index (χ1v) is 12.5. The van der Waals surface area contributed by atoms with Gasteiger partial charge in [-0.3, -0.25) is 0 Å². The minimum atomic E-state index is -0.125. The Labute approximate surface area is 178 Å². The van der Waals surface area contributed by atoms with Crippen molar-refractivity contribution in [3.63, 3.8) is 0 Å². The van der Waals surface area contributed by atoms with E-state index in [1.165, 1.54) is 44.9 Å². The maximum absolute atomic E-state index is 11.8. The van der Waals surface area contributed by atoms with Crippen LogP contribution < -0.4 is 0 Å². The van der Waals surface area contributed by atoms with Gasteiger partial charge in [0.25, 0.3) is 0 Å². The number of nitrogens with zero attached hydrogens (tertiary/aromatic N) is 1. The van der Waals surface area contributed by atoms with Crippen molar-refractivity contribution < 1.29 is 9.90 Å². The molecular formula is C26H43NO2. The lowest BCUT2D eigenvalue weighted by atomic mass is 9.41. The molecule has 0 aliphatic heterocycles. The van der Waals surface area contributed by atoms with Crippen molar-refractivity contribution >= 4 is 6.08 Å². The summed E-state index contributed by atoms with van der Waals surface area (Å²) < 4.78 is 0. The van der Waals surface area contributed by atoms with Crippen LogP contribution in [-0.4, -0.2) is 23.8 Å². The van der Waals surface area contributed by atoms with E-state index in [9.17, 15) is 9.90 Å². The van der Waals surface area contributed by atoms with Crippen LogP contribution in [0, 0.1) is 58.2 Å². The quantitative estimate of drug-likeness (QED) is 0.474. The van der Waals surface area contributed by atoms with Gasteiger partial charge in [0.05, 0.1) is 12.6 Å². The molecule has 164 valence electrons. The van der Waals surface area contributed by atoms with Crippen molar-refractivity contribution in [3.8, 4) is 0 Å². The van der Waals surface area contributed by atoms with E-state index in [2.05, 4.69) is 39.6 Å². The van der Waals surface area contributed by atoms with Crippen molar-refractivity contribution in [1.29, 1.82) is 0 Å². The van der Waals surface area contributed by atoms with Crippen molar-refractivity contribution in [2.24, 2.45) is 63.2 Å². The third kappa shape index (κ3) is 3.18. The number of hydrogen-bond donors (Lipinski definition) is 1. The Hall–Kier alpha value is -0.660. The Morgan fingerprint density at radius 2 is 1.76 bits per heavy atom. The second kappa shape index (κ2) is 7.79. The highest BCUT2D eigenvalue weighted by atomic mass is 16.3. The number of hydrogen-bond acceptors (Lipinski definition) is 3. The SMILES string of the molecule is CC[C@H]1[C@@H](O)[C@@H]2[C@H](CC[C@]3(C)[C@@H]([C@H](C)CN=C=O)CC[C@@H]23)[C@@]2(C)CC[C@@H](C)C[C@@H]12. The smallest absolute Gasteiger partial charge is 0.234 e. The van der Waals surface area contributed by atoms with Crippen LogP contribution in [0.25, 0.3) is 0 Å². The summed E-state index contributed by atoms with van der Waals surface area (Å²) in [6.07, 6.45) is 11.9. The summed E-state index contributed by atoms with van der Waals surface area (Å²) in [7, 11) is 0. The van der Waals surface area contributed by atoms with Gasteiger partial charge in [-0.2, -0.15) is 0 Å². The highest BCUT2D eigenvalue weighted by Crippen LogP contribution is 2.69. The van der Waals surface area contributed by atoms with Gasteiger partial charge in [-0.25, -0.2) is 9.79 Å². The molecule has 11 atom stereocenters. The number of rotatable bonds is 4. The molecule has 0 unspecified atom stereocenters. The number of aliphatic hydroxyl groups excluding tert-OH is 1. The van der Waals surface area contributed by atoms with Gasteiger partial charge in [-0.1, -0.05) is 47.5 Å². The molecule has 4 rings (SSSR count). The molecule has 0 heterocycles. The van der Waals surface area contributed by atoms with Crippen molar-refractivity contribution in [2.75, 3.05) is 6.54 Å². The van der Waals surface area contributed by atoms with E-state index in [0.29, 0.717) is 58.8 Å². The Morgan fingerprint density at radius 1 is 1.07 bits per heavy atom. The molecule has 0 aromatic rings. The molecule has 3 nitrogen and oxygen atoms in total. The van der Waals surface area contributed by atoms with Gasteiger partial charge in [-0.05, 0) is 96.7 Å². The van der Waals surface area contributed by atoms with E-state index in [1.807, 2.05) is 0 Å². The van der Waals surface area contributed by atoms with Gasteiger partial charge in [0.2, 0.25) is 6.08 Å². The molecule has 0 bridgehead atoms. The van der Waals surface area contributed by atoms with E-state index in [1.54, 1.807) is 6.08 Å². The van der Waals surface area contributed by atoms with Gasteiger partial charge >= 0.3 is 0 Å². The molecule has 0 aromatic heterocycles. The second-order valence-corrected chi connectivity index (χ2v) is 12.0. The fraction of sp³-hybridized carbons (Fsp3) is 0.962. The molecule has 0 aromatic carbocycles. The van der Waals surface area contributed by atoms with Crippen LogP contribution >= 0.6 is 0 Å². The molecule has 29 heavy (non-hydrogen) atoms. The van der Waals surface area contributed by atoms with Gasteiger partial charge < -0.3 is 5.11 Å². The standard InChI is InChI=1S/C26H43NO2/c1-6-18-22-13-16(2)9-11-26(22,5)21-10-12-25(4)19(17(3)14-27-15-28)7-8-20(25)23(21)24(18)29/h16-24,29H,6-14H2,1-5H3/t16-,17-,18-,19-,20+,21+,22+,23+,24-,25-,26-/m1/s1. The molecule has 4 aliphatic carbocycles. The summed E-state index contributed by atoms with van der Waals surface area (Å²) in [5.74, 6) is 4.85. The van der Waals surface area contributed by atoms with Crippen LogP contribution in [0.15, 0.2) is 4.99 Å². The minimum absolute atomic E-state index is 0.125. The van der Waals surface area contributed by atoms with Crippen molar-refractivity contribution in [1.82, 2.24) is 0 Å². The van der Waals surface area contributed by atoms with E-state index >= 15 is 0 Å². The summed E-state index contributed by atoms with van der Waals surface area (Å²) in [6.45, 7) is 12.7. The lowest BCUT2D eigenvalue weighted by Crippen LogP contribution is -2.61. The summed E-state index contributed by atoms with van der Waals surface area (Å²) in [6, 6.07) is 0. The van der Waals surface area contributed by atoms with Gasteiger partial charge in [0.15, 0.2) is 0 Å². The average Bonchev–Trinajstić information content (AvgIpc) is 3.05. The number of isocyanates is 1. The summed E-state index contributed by atoms with van der Waals surface area (Å²) >= 11 is 0. The molecule has 0 amide bonds. The largest absolute Gasteiger partial charge is 0.393 e. The zero-order valence-corrected chi connectivity index (χ0v) is 19.4. The van der Waals surface area contributed by atoms with E-state index in [0.717, 1.165) is 12.3 Å². The summed E-state index contributed by atoms with van der Waals surface area (Å²) in [4.78, 5) is 14.6. The Bertz CT molecular complexity index is 657. The number of carbonyl (C=O) groups excluding carboxylic acids is 1. The third-order valence-corrected chi connectivity index (χ3v) is 10.9. The van der Waals surface area contributed by atoms with Crippen LogP contribution in [0.2, 0.25) is 0 Å². The predicted molar refractivity (Wildman–Crippen MR) is 117 cm³/mol. The van der Waals surface area contributed by atoms with E-state index in [4.69, 9.17) is 0 Å². The number of fused-ring (bicyclic) bond motifs is 5. The number of aliphatic hydroxyl groups is 1.